The summed E-state index contributed by atoms with van der Waals surface area (Å²) < 4.78 is 5.92. The zero-order valence-corrected chi connectivity index (χ0v) is 11.6. The molecule has 15 heavy (non-hydrogen) atoms. The molecule has 0 heterocycles. The Bertz CT molecular complexity index is 162. The summed E-state index contributed by atoms with van der Waals surface area (Å²) in [6.45, 7) is 14.1. The van der Waals surface area contributed by atoms with Gasteiger partial charge in [0, 0.05) is 12.6 Å². The van der Waals surface area contributed by atoms with E-state index >= 15 is 0 Å². The summed E-state index contributed by atoms with van der Waals surface area (Å²) in [5.74, 6) is 0.644. The van der Waals surface area contributed by atoms with Crippen molar-refractivity contribution in [3.63, 3.8) is 0 Å². The van der Waals surface area contributed by atoms with E-state index in [1.54, 1.807) is 0 Å². The van der Waals surface area contributed by atoms with E-state index in [-0.39, 0.29) is 11.5 Å². The van der Waals surface area contributed by atoms with Gasteiger partial charge in [0.25, 0.3) is 0 Å². The lowest BCUT2D eigenvalue weighted by Gasteiger charge is -2.39. The van der Waals surface area contributed by atoms with E-state index in [1.807, 2.05) is 7.05 Å². The molecule has 92 valence electrons. The van der Waals surface area contributed by atoms with Gasteiger partial charge in [0.05, 0.1) is 6.10 Å². The third-order valence-corrected chi connectivity index (χ3v) is 3.12. The van der Waals surface area contributed by atoms with Crippen LogP contribution in [-0.2, 0) is 4.74 Å². The molecule has 0 aliphatic rings. The second-order valence-electron chi connectivity index (χ2n) is 5.44. The highest BCUT2D eigenvalue weighted by molar-refractivity contribution is 4.88. The number of hydrogen-bond acceptors (Lipinski definition) is 2. The molecule has 0 saturated carbocycles. The lowest BCUT2D eigenvalue weighted by Crippen LogP contribution is -2.50. The van der Waals surface area contributed by atoms with Crippen LogP contribution in [0.15, 0.2) is 0 Å². The van der Waals surface area contributed by atoms with Crippen LogP contribution < -0.4 is 5.32 Å². The molecule has 0 bridgehead atoms. The van der Waals surface area contributed by atoms with E-state index in [1.165, 1.54) is 6.42 Å². The molecule has 2 heteroatoms. The molecule has 3 unspecified atom stereocenters. The maximum absolute atomic E-state index is 5.92. The largest absolute Gasteiger partial charge is 0.376 e. The predicted molar refractivity (Wildman–Crippen MR) is 67.2 cm³/mol. The standard InChI is InChI=1S/C13H29NO/c1-8-10(3)11(14-7)12(15-9-2)13(4,5)6/h10-12,14H,8-9H2,1-7H3. The summed E-state index contributed by atoms with van der Waals surface area (Å²) in [5, 5.41) is 3.42. The zero-order chi connectivity index (χ0) is 12.1. The predicted octanol–water partition coefficient (Wildman–Crippen LogP) is 3.07. The minimum atomic E-state index is 0.188. The molecule has 0 aliphatic heterocycles. The zero-order valence-electron chi connectivity index (χ0n) is 11.6. The molecular weight excluding hydrogens is 186 g/mol. The van der Waals surface area contributed by atoms with Crippen molar-refractivity contribution in [1.82, 2.24) is 5.32 Å². The first-order valence-corrected chi connectivity index (χ1v) is 6.17. The molecule has 0 rings (SSSR count). The monoisotopic (exact) mass is 215 g/mol. The van der Waals surface area contributed by atoms with Gasteiger partial charge in [0.15, 0.2) is 0 Å². The van der Waals surface area contributed by atoms with Gasteiger partial charge >= 0.3 is 0 Å². The van der Waals surface area contributed by atoms with E-state index in [4.69, 9.17) is 4.74 Å². The van der Waals surface area contributed by atoms with Crippen LogP contribution in [0.4, 0.5) is 0 Å². The van der Waals surface area contributed by atoms with E-state index in [0.717, 1.165) is 6.61 Å². The van der Waals surface area contributed by atoms with Gasteiger partial charge in [0.2, 0.25) is 0 Å². The summed E-state index contributed by atoms with van der Waals surface area (Å²) in [6.07, 6.45) is 1.47. The number of rotatable bonds is 6. The van der Waals surface area contributed by atoms with Crippen LogP contribution in [0.5, 0.6) is 0 Å². The van der Waals surface area contributed by atoms with E-state index in [9.17, 15) is 0 Å². The van der Waals surface area contributed by atoms with Crippen molar-refractivity contribution in [2.45, 2.75) is 60.1 Å². The maximum atomic E-state index is 5.92. The number of likely N-dealkylation sites (N-methyl/N-ethyl adjacent to an activating group) is 1. The van der Waals surface area contributed by atoms with Crippen molar-refractivity contribution in [2.24, 2.45) is 11.3 Å². The van der Waals surface area contributed by atoms with Gasteiger partial charge in [-0.3, -0.25) is 0 Å². The average Bonchev–Trinajstić information content (AvgIpc) is 2.15. The minimum Gasteiger partial charge on any atom is -0.376 e. The second-order valence-corrected chi connectivity index (χ2v) is 5.44. The van der Waals surface area contributed by atoms with Crippen LogP contribution in [0.25, 0.3) is 0 Å². The molecule has 1 N–H and O–H groups in total. The number of ether oxygens (including phenoxy) is 1. The van der Waals surface area contributed by atoms with Crippen LogP contribution >= 0.6 is 0 Å². The van der Waals surface area contributed by atoms with Gasteiger partial charge in [-0.05, 0) is 25.3 Å². The third kappa shape index (κ3) is 4.52. The first kappa shape index (κ1) is 14.9. The van der Waals surface area contributed by atoms with E-state index in [0.29, 0.717) is 12.0 Å². The average molecular weight is 215 g/mol. The third-order valence-electron chi connectivity index (χ3n) is 3.12. The molecule has 0 amide bonds. The number of nitrogens with one attached hydrogen (secondary N) is 1. The molecule has 0 radical (unpaired) electrons. The van der Waals surface area contributed by atoms with Gasteiger partial charge in [-0.15, -0.1) is 0 Å². The van der Waals surface area contributed by atoms with Crippen molar-refractivity contribution in [2.75, 3.05) is 13.7 Å². The first-order chi connectivity index (χ1) is 6.88. The molecule has 0 aromatic heterocycles. The lowest BCUT2D eigenvalue weighted by atomic mass is 9.79. The Balaban J connectivity index is 4.70. The van der Waals surface area contributed by atoms with E-state index < -0.39 is 0 Å². The highest BCUT2D eigenvalue weighted by Gasteiger charge is 2.34. The summed E-state index contributed by atoms with van der Waals surface area (Å²) in [4.78, 5) is 0. The maximum Gasteiger partial charge on any atom is 0.0778 e. The van der Waals surface area contributed by atoms with Gasteiger partial charge in [-0.2, -0.15) is 0 Å². The fourth-order valence-electron chi connectivity index (χ4n) is 2.06. The molecule has 0 saturated heterocycles. The Kier molecular flexibility index (Phi) is 6.46. The highest BCUT2D eigenvalue weighted by Crippen LogP contribution is 2.28. The fourth-order valence-corrected chi connectivity index (χ4v) is 2.06. The second kappa shape index (κ2) is 6.49. The molecule has 2 nitrogen and oxygen atoms in total. The van der Waals surface area contributed by atoms with Gasteiger partial charge < -0.3 is 10.1 Å². The summed E-state index contributed by atoms with van der Waals surface area (Å²) in [5.41, 5.74) is 0.188. The Morgan fingerprint density at radius 1 is 1.20 bits per heavy atom. The Hall–Kier alpha value is -0.0800. The summed E-state index contributed by atoms with van der Waals surface area (Å²) in [7, 11) is 2.04. The molecule has 0 aromatic rings. The highest BCUT2D eigenvalue weighted by atomic mass is 16.5. The topological polar surface area (TPSA) is 21.3 Å². The van der Waals surface area contributed by atoms with Crippen molar-refractivity contribution >= 4 is 0 Å². The summed E-state index contributed by atoms with van der Waals surface area (Å²) in [6, 6.07) is 0.440. The van der Waals surface area contributed by atoms with Crippen LogP contribution in [-0.4, -0.2) is 25.8 Å². The molecule has 0 aliphatic carbocycles. The van der Waals surface area contributed by atoms with Crippen molar-refractivity contribution < 1.29 is 4.74 Å². The van der Waals surface area contributed by atoms with Crippen LogP contribution in [0, 0.1) is 11.3 Å². The Labute approximate surface area is 95.8 Å². The molecule has 0 aromatic carbocycles. The first-order valence-electron chi connectivity index (χ1n) is 6.17. The van der Waals surface area contributed by atoms with Crippen LogP contribution in [0.1, 0.15) is 48.0 Å². The van der Waals surface area contributed by atoms with Crippen molar-refractivity contribution in [3.05, 3.63) is 0 Å². The normalized spacial score (nSPS) is 18.6. The molecule has 3 atom stereocenters. The molecule has 0 fully saturated rings. The SMILES string of the molecule is CCOC(C(NC)C(C)CC)C(C)(C)C. The molecular formula is C13H29NO. The molecule has 0 spiro atoms. The van der Waals surface area contributed by atoms with Gasteiger partial charge in [0.1, 0.15) is 0 Å². The van der Waals surface area contributed by atoms with Gasteiger partial charge in [-0.1, -0.05) is 41.0 Å². The Morgan fingerprint density at radius 2 is 1.73 bits per heavy atom. The number of hydrogen-bond donors (Lipinski definition) is 1. The van der Waals surface area contributed by atoms with Crippen LogP contribution in [0.3, 0.4) is 0 Å². The lowest BCUT2D eigenvalue weighted by molar-refractivity contribution is -0.0459. The van der Waals surface area contributed by atoms with Crippen molar-refractivity contribution in [3.8, 4) is 0 Å². The van der Waals surface area contributed by atoms with E-state index in [2.05, 4.69) is 46.9 Å². The van der Waals surface area contributed by atoms with Gasteiger partial charge in [-0.25, -0.2) is 0 Å². The van der Waals surface area contributed by atoms with Crippen molar-refractivity contribution in [1.29, 1.82) is 0 Å². The Morgan fingerprint density at radius 3 is 2.00 bits per heavy atom. The van der Waals surface area contributed by atoms with Crippen LogP contribution in [0.2, 0.25) is 0 Å². The quantitative estimate of drug-likeness (QED) is 0.735. The minimum absolute atomic E-state index is 0.188. The smallest absolute Gasteiger partial charge is 0.0778 e. The fraction of sp³-hybridized carbons (Fsp3) is 1.00. The summed E-state index contributed by atoms with van der Waals surface area (Å²) >= 11 is 0.